The Morgan fingerprint density at radius 3 is 2.72 bits per heavy atom. The molecule has 0 bridgehead atoms. The third kappa shape index (κ3) is 2.09. The van der Waals surface area contributed by atoms with Gasteiger partial charge >= 0.3 is 0 Å². The second kappa shape index (κ2) is 4.30. The van der Waals surface area contributed by atoms with Crippen LogP contribution >= 0.6 is 0 Å². The molecule has 1 N–H and O–H groups in total. The molecule has 0 saturated heterocycles. The van der Waals surface area contributed by atoms with E-state index in [1.165, 1.54) is 5.56 Å². The number of benzene rings is 1. The SMILES string of the molecule is COc1ccccc1C1(CNC(=O)C2CC2)CC1. The first-order chi connectivity index (χ1) is 8.75. The third-order valence-corrected chi connectivity index (χ3v) is 4.08. The van der Waals surface area contributed by atoms with Crippen LogP contribution in [0.5, 0.6) is 5.75 Å². The summed E-state index contributed by atoms with van der Waals surface area (Å²) in [5.74, 6) is 1.46. The van der Waals surface area contributed by atoms with Crippen molar-refractivity contribution in [3.8, 4) is 5.75 Å². The molecule has 18 heavy (non-hydrogen) atoms. The molecule has 3 nitrogen and oxygen atoms in total. The Morgan fingerprint density at radius 1 is 1.39 bits per heavy atom. The van der Waals surface area contributed by atoms with Gasteiger partial charge in [0.25, 0.3) is 0 Å². The van der Waals surface area contributed by atoms with Crippen molar-refractivity contribution in [3.63, 3.8) is 0 Å². The number of methoxy groups -OCH3 is 1. The van der Waals surface area contributed by atoms with Gasteiger partial charge in [-0.25, -0.2) is 0 Å². The van der Waals surface area contributed by atoms with E-state index in [2.05, 4.69) is 11.4 Å². The summed E-state index contributed by atoms with van der Waals surface area (Å²) in [5, 5.41) is 3.10. The van der Waals surface area contributed by atoms with Crippen molar-refractivity contribution in [2.24, 2.45) is 5.92 Å². The van der Waals surface area contributed by atoms with E-state index >= 15 is 0 Å². The number of rotatable bonds is 5. The molecule has 0 aromatic heterocycles. The Labute approximate surface area is 108 Å². The summed E-state index contributed by atoms with van der Waals surface area (Å²) in [4.78, 5) is 11.7. The van der Waals surface area contributed by atoms with Crippen LogP contribution in [0.1, 0.15) is 31.2 Å². The Kier molecular flexibility index (Phi) is 2.77. The van der Waals surface area contributed by atoms with Crippen molar-refractivity contribution in [1.29, 1.82) is 0 Å². The summed E-state index contributed by atoms with van der Waals surface area (Å²) < 4.78 is 5.43. The van der Waals surface area contributed by atoms with Gasteiger partial charge in [-0.15, -0.1) is 0 Å². The predicted molar refractivity (Wildman–Crippen MR) is 69.6 cm³/mol. The van der Waals surface area contributed by atoms with E-state index in [0.29, 0.717) is 5.92 Å². The highest BCUT2D eigenvalue weighted by Gasteiger charge is 2.46. The number of amides is 1. The van der Waals surface area contributed by atoms with Gasteiger partial charge in [-0.05, 0) is 31.7 Å². The molecule has 0 atom stereocenters. The van der Waals surface area contributed by atoms with Crippen LogP contribution in [0.25, 0.3) is 0 Å². The van der Waals surface area contributed by atoms with Crippen LogP contribution < -0.4 is 10.1 Å². The first-order valence-corrected chi connectivity index (χ1v) is 6.66. The molecule has 1 aromatic carbocycles. The first-order valence-electron chi connectivity index (χ1n) is 6.66. The molecule has 0 aliphatic heterocycles. The molecule has 3 rings (SSSR count). The highest BCUT2D eigenvalue weighted by molar-refractivity contribution is 5.81. The molecule has 2 fully saturated rings. The number of hydrogen-bond acceptors (Lipinski definition) is 2. The smallest absolute Gasteiger partial charge is 0.223 e. The normalized spacial score (nSPS) is 20.3. The summed E-state index contributed by atoms with van der Waals surface area (Å²) in [5.41, 5.74) is 1.36. The second-order valence-electron chi connectivity index (χ2n) is 5.47. The van der Waals surface area contributed by atoms with E-state index in [1.807, 2.05) is 18.2 Å². The average molecular weight is 245 g/mol. The molecule has 3 heteroatoms. The van der Waals surface area contributed by atoms with E-state index in [4.69, 9.17) is 4.74 Å². The fourth-order valence-electron chi connectivity index (χ4n) is 2.52. The summed E-state index contributed by atoms with van der Waals surface area (Å²) in [6, 6.07) is 8.15. The van der Waals surface area contributed by atoms with Gasteiger partial charge in [0.15, 0.2) is 0 Å². The predicted octanol–water partition coefficient (Wildman–Crippen LogP) is 2.25. The summed E-state index contributed by atoms with van der Waals surface area (Å²) in [6.07, 6.45) is 4.40. The van der Waals surface area contributed by atoms with Crippen LogP contribution in [0.15, 0.2) is 24.3 Å². The average Bonchev–Trinajstić information content (AvgIpc) is 3.30. The zero-order valence-electron chi connectivity index (χ0n) is 10.7. The zero-order chi connectivity index (χ0) is 12.6. The van der Waals surface area contributed by atoms with Crippen molar-refractivity contribution in [2.45, 2.75) is 31.1 Å². The van der Waals surface area contributed by atoms with Crippen molar-refractivity contribution in [3.05, 3.63) is 29.8 Å². The highest BCUT2D eigenvalue weighted by atomic mass is 16.5. The Hall–Kier alpha value is -1.51. The fraction of sp³-hybridized carbons (Fsp3) is 0.533. The number of carbonyl (C=O) groups excluding carboxylic acids is 1. The van der Waals surface area contributed by atoms with Gasteiger partial charge < -0.3 is 10.1 Å². The lowest BCUT2D eigenvalue weighted by molar-refractivity contribution is -0.122. The molecule has 2 saturated carbocycles. The second-order valence-corrected chi connectivity index (χ2v) is 5.47. The summed E-state index contributed by atoms with van der Waals surface area (Å²) in [6.45, 7) is 0.753. The van der Waals surface area contributed by atoms with Crippen LogP contribution in [0.4, 0.5) is 0 Å². The van der Waals surface area contributed by atoms with E-state index in [0.717, 1.165) is 38.0 Å². The topological polar surface area (TPSA) is 38.3 Å². The van der Waals surface area contributed by atoms with Gasteiger partial charge in [-0.2, -0.15) is 0 Å². The molecule has 1 amide bonds. The van der Waals surface area contributed by atoms with Gasteiger partial charge in [0.1, 0.15) is 5.75 Å². The van der Waals surface area contributed by atoms with Crippen LogP contribution in [0.3, 0.4) is 0 Å². The van der Waals surface area contributed by atoms with Gasteiger partial charge in [0.05, 0.1) is 7.11 Å². The van der Waals surface area contributed by atoms with E-state index < -0.39 is 0 Å². The van der Waals surface area contributed by atoms with Gasteiger partial charge in [0, 0.05) is 23.4 Å². The molecule has 2 aliphatic carbocycles. The maximum absolute atomic E-state index is 11.7. The standard InChI is InChI=1S/C15H19NO2/c1-18-13-5-3-2-4-12(13)15(8-9-15)10-16-14(17)11-6-7-11/h2-5,11H,6-10H2,1H3,(H,16,17). The quantitative estimate of drug-likeness (QED) is 0.864. The minimum absolute atomic E-state index is 0.122. The number of nitrogens with one attached hydrogen (secondary N) is 1. The van der Waals surface area contributed by atoms with Gasteiger partial charge in [-0.1, -0.05) is 18.2 Å². The number of para-hydroxylation sites is 1. The van der Waals surface area contributed by atoms with Crippen molar-refractivity contribution >= 4 is 5.91 Å². The van der Waals surface area contributed by atoms with E-state index in [-0.39, 0.29) is 11.3 Å². The van der Waals surface area contributed by atoms with Crippen molar-refractivity contribution in [2.75, 3.05) is 13.7 Å². The molecule has 0 unspecified atom stereocenters. The van der Waals surface area contributed by atoms with Gasteiger partial charge in [0.2, 0.25) is 5.91 Å². The van der Waals surface area contributed by atoms with Gasteiger partial charge in [-0.3, -0.25) is 4.79 Å². The Balaban J connectivity index is 1.71. The maximum atomic E-state index is 11.7. The molecule has 0 radical (unpaired) electrons. The van der Waals surface area contributed by atoms with Crippen molar-refractivity contribution < 1.29 is 9.53 Å². The molecular weight excluding hydrogens is 226 g/mol. The van der Waals surface area contributed by atoms with E-state index in [1.54, 1.807) is 7.11 Å². The Morgan fingerprint density at radius 2 is 2.11 bits per heavy atom. The van der Waals surface area contributed by atoms with Crippen LogP contribution in [0, 0.1) is 5.92 Å². The molecule has 0 spiro atoms. The van der Waals surface area contributed by atoms with Crippen LogP contribution in [-0.4, -0.2) is 19.6 Å². The highest BCUT2D eigenvalue weighted by Crippen LogP contribution is 2.50. The van der Waals surface area contributed by atoms with Crippen LogP contribution in [0.2, 0.25) is 0 Å². The largest absolute Gasteiger partial charge is 0.496 e. The lowest BCUT2D eigenvalue weighted by Crippen LogP contribution is -2.33. The number of ether oxygens (including phenoxy) is 1. The lowest BCUT2D eigenvalue weighted by Gasteiger charge is -2.19. The van der Waals surface area contributed by atoms with E-state index in [9.17, 15) is 4.79 Å². The monoisotopic (exact) mass is 245 g/mol. The minimum atomic E-state index is 0.122. The van der Waals surface area contributed by atoms with Crippen LogP contribution in [-0.2, 0) is 10.2 Å². The molecule has 0 heterocycles. The molecule has 2 aliphatic rings. The Bertz CT molecular complexity index is 461. The summed E-state index contributed by atoms with van der Waals surface area (Å²) in [7, 11) is 1.71. The maximum Gasteiger partial charge on any atom is 0.223 e. The number of carbonyl (C=O) groups is 1. The molecule has 96 valence electrons. The lowest BCUT2D eigenvalue weighted by atomic mass is 9.95. The van der Waals surface area contributed by atoms with Crippen molar-refractivity contribution in [1.82, 2.24) is 5.32 Å². The fourth-order valence-corrected chi connectivity index (χ4v) is 2.52. The number of hydrogen-bond donors (Lipinski definition) is 1. The third-order valence-electron chi connectivity index (χ3n) is 4.08. The minimum Gasteiger partial charge on any atom is -0.496 e. The first kappa shape index (κ1) is 11.6. The zero-order valence-corrected chi connectivity index (χ0v) is 10.7. The molecule has 1 aromatic rings. The summed E-state index contributed by atoms with van der Waals surface area (Å²) >= 11 is 0. The molecular formula is C15H19NO2.